The Morgan fingerprint density at radius 2 is 1.93 bits per heavy atom. The van der Waals surface area contributed by atoms with E-state index in [0.717, 1.165) is 11.8 Å². The van der Waals surface area contributed by atoms with Crippen LogP contribution in [0.25, 0.3) is 0 Å². The first-order valence-corrected chi connectivity index (χ1v) is 10.6. The molecule has 1 aromatic heterocycles. The van der Waals surface area contributed by atoms with Crippen LogP contribution in [-0.2, 0) is 11.3 Å². The zero-order valence-corrected chi connectivity index (χ0v) is 18.1. The fourth-order valence-corrected chi connectivity index (χ4v) is 4.16. The van der Waals surface area contributed by atoms with Gasteiger partial charge in [-0.1, -0.05) is 61.8 Å². The van der Waals surface area contributed by atoms with Crippen LogP contribution < -0.4 is 5.32 Å². The number of carbonyl (C=O) groups excluding carboxylic acids is 2. The van der Waals surface area contributed by atoms with Crippen molar-refractivity contribution in [1.29, 1.82) is 0 Å². The highest BCUT2D eigenvalue weighted by molar-refractivity contribution is 8.14. The van der Waals surface area contributed by atoms with E-state index in [1.54, 1.807) is 18.2 Å². The molecule has 0 saturated heterocycles. The second-order valence-corrected chi connectivity index (χ2v) is 9.14. The lowest BCUT2D eigenvalue weighted by molar-refractivity contribution is -0.121. The zero-order valence-electron chi connectivity index (χ0n) is 15.0. The Morgan fingerprint density at radius 3 is 2.52 bits per heavy atom. The highest BCUT2D eigenvalue weighted by Gasteiger charge is 2.22. The zero-order chi connectivity index (χ0) is 20.0. The van der Waals surface area contributed by atoms with Crippen LogP contribution in [0.1, 0.15) is 27.2 Å². The molecule has 146 valence electrons. The van der Waals surface area contributed by atoms with Gasteiger partial charge in [0.05, 0.1) is 21.0 Å². The molecule has 2 rings (SSSR count). The van der Waals surface area contributed by atoms with Crippen LogP contribution in [0.3, 0.4) is 0 Å². The lowest BCUT2D eigenvalue weighted by Gasteiger charge is -2.16. The van der Waals surface area contributed by atoms with Crippen LogP contribution in [0.2, 0.25) is 10.0 Å². The molecule has 1 unspecified atom stereocenters. The predicted octanol–water partition coefficient (Wildman–Crippen LogP) is 4.33. The van der Waals surface area contributed by atoms with Crippen LogP contribution in [0.15, 0.2) is 28.3 Å². The molecular weight excluding hydrogens is 429 g/mol. The first-order valence-electron chi connectivity index (χ1n) is 8.19. The van der Waals surface area contributed by atoms with Crippen molar-refractivity contribution >= 4 is 57.7 Å². The van der Waals surface area contributed by atoms with Crippen molar-refractivity contribution in [3.8, 4) is 0 Å². The normalized spacial score (nSPS) is 12.2. The molecule has 1 atom stereocenters. The third-order valence-corrected chi connectivity index (χ3v) is 6.12. The number of Topliss-reactive ketones (excluding diaryl/α,β-unsaturated/α-hetero) is 1. The molecule has 0 bridgehead atoms. The molecule has 0 aliphatic heterocycles. The first kappa shape index (κ1) is 22.0. The van der Waals surface area contributed by atoms with Crippen molar-refractivity contribution in [2.45, 2.75) is 55.1 Å². The van der Waals surface area contributed by atoms with E-state index in [2.05, 4.69) is 20.8 Å². The largest absolute Gasteiger partial charge is 0.337 e. The van der Waals surface area contributed by atoms with Gasteiger partial charge in [-0.3, -0.25) is 9.59 Å². The monoisotopic (exact) mass is 447 g/mol. The van der Waals surface area contributed by atoms with Gasteiger partial charge in [-0.2, -0.15) is 0 Å². The number of thioether (sulfide) groups is 1. The van der Waals surface area contributed by atoms with Crippen molar-refractivity contribution in [2.75, 3.05) is 0 Å². The molecule has 1 aromatic carbocycles. The number of tetrazole rings is 1. The maximum atomic E-state index is 12.6. The summed E-state index contributed by atoms with van der Waals surface area (Å²) < 4.78 is 1.37. The van der Waals surface area contributed by atoms with Crippen LogP contribution >= 0.6 is 46.7 Å². The third-order valence-electron chi connectivity index (χ3n) is 3.35. The lowest BCUT2D eigenvalue weighted by atomic mass is 10.1. The fourth-order valence-electron chi connectivity index (χ4n) is 2.10. The standard InChI is InChI=1S/C16H19Cl2N5O2S2/c1-4-12(19-16(25)26-9(2)3)13(24)8-23-15(20-21-22-23)27-14-10(17)6-5-7-11(14)18/h5-7,9,12H,4,8H2,1-3H3,(H,19,25). The summed E-state index contributed by atoms with van der Waals surface area (Å²) in [5, 5.41) is 15.4. The molecule has 0 radical (unpaired) electrons. The second-order valence-electron chi connectivity index (χ2n) is 5.80. The van der Waals surface area contributed by atoms with E-state index >= 15 is 0 Å². The molecule has 0 spiro atoms. The van der Waals surface area contributed by atoms with Gasteiger partial charge in [0.2, 0.25) is 5.16 Å². The van der Waals surface area contributed by atoms with E-state index in [-0.39, 0.29) is 22.8 Å². The Bertz CT molecular complexity index is 796. The van der Waals surface area contributed by atoms with Crippen molar-refractivity contribution in [1.82, 2.24) is 25.5 Å². The van der Waals surface area contributed by atoms with Gasteiger partial charge in [0.25, 0.3) is 5.24 Å². The maximum Gasteiger partial charge on any atom is 0.279 e. The van der Waals surface area contributed by atoms with E-state index in [9.17, 15) is 9.59 Å². The van der Waals surface area contributed by atoms with Gasteiger partial charge in [0.15, 0.2) is 5.78 Å². The minimum absolute atomic E-state index is 0.0669. The summed E-state index contributed by atoms with van der Waals surface area (Å²) in [7, 11) is 0. The minimum atomic E-state index is -0.602. The molecule has 1 amide bonds. The minimum Gasteiger partial charge on any atom is -0.337 e. The number of halogens is 2. The maximum absolute atomic E-state index is 12.6. The highest BCUT2D eigenvalue weighted by Crippen LogP contribution is 2.37. The Morgan fingerprint density at radius 1 is 1.26 bits per heavy atom. The second kappa shape index (κ2) is 10.3. The smallest absolute Gasteiger partial charge is 0.279 e. The van der Waals surface area contributed by atoms with Crippen molar-refractivity contribution in [3.63, 3.8) is 0 Å². The Balaban J connectivity index is 2.08. The summed E-state index contributed by atoms with van der Waals surface area (Å²) in [6.45, 7) is 5.60. The molecule has 0 saturated carbocycles. The number of hydrogen-bond donors (Lipinski definition) is 1. The van der Waals surface area contributed by atoms with Crippen LogP contribution in [-0.4, -0.2) is 42.5 Å². The van der Waals surface area contributed by atoms with Gasteiger partial charge in [-0.05, 0) is 40.7 Å². The van der Waals surface area contributed by atoms with Crippen molar-refractivity contribution < 1.29 is 9.59 Å². The number of nitrogens with one attached hydrogen (secondary N) is 1. The predicted molar refractivity (Wildman–Crippen MR) is 109 cm³/mol. The Kier molecular flexibility index (Phi) is 8.40. The SMILES string of the molecule is CCC(NC(=O)SC(C)C)C(=O)Cn1nnnc1Sc1c(Cl)cccc1Cl. The van der Waals surface area contributed by atoms with Gasteiger partial charge in [0.1, 0.15) is 6.54 Å². The molecular formula is C16H19Cl2N5O2S2. The van der Waals surface area contributed by atoms with Crippen LogP contribution in [0, 0.1) is 0 Å². The molecule has 0 aliphatic carbocycles. The van der Waals surface area contributed by atoms with E-state index < -0.39 is 6.04 Å². The molecule has 0 fully saturated rings. The number of ketones is 1. The van der Waals surface area contributed by atoms with Gasteiger partial charge >= 0.3 is 0 Å². The lowest BCUT2D eigenvalue weighted by Crippen LogP contribution is -2.40. The number of hydrogen-bond acceptors (Lipinski definition) is 7. The van der Waals surface area contributed by atoms with Gasteiger partial charge in [0, 0.05) is 5.25 Å². The van der Waals surface area contributed by atoms with Crippen molar-refractivity contribution in [2.24, 2.45) is 0 Å². The van der Waals surface area contributed by atoms with Gasteiger partial charge < -0.3 is 5.32 Å². The molecule has 7 nitrogen and oxygen atoms in total. The van der Waals surface area contributed by atoms with E-state index in [1.807, 2.05) is 20.8 Å². The van der Waals surface area contributed by atoms with Crippen molar-refractivity contribution in [3.05, 3.63) is 28.2 Å². The topological polar surface area (TPSA) is 89.8 Å². The quantitative estimate of drug-likeness (QED) is 0.643. The average Bonchev–Trinajstić information content (AvgIpc) is 3.02. The summed E-state index contributed by atoms with van der Waals surface area (Å²) in [5.74, 6) is -0.186. The number of carbonyl (C=O) groups is 2. The number of benzene rings is 1. The summed E-state index contributed by atoms with van der Waals surface area (Å²) in [6, 6.07) is 4.56. The molecule has 27 heavy (non-hydrogen) atoms. The molecule has 1 N–H and O–H groups in total. The first-order chi connectivity index (χ1) is 12.8. The number of rotatable bonds is 8. The Hall–Kier alpha value is -1.29. The highest BCUT2D eigenvalue weighted by atomic mass is 35.5. The Labute approximate surface area is 175 Å². The number of nitrogens with zero attached hydrogens (tertiary/aromatic N) is 4. The summed E-state index contributed by atoms with van der Waals surface area (Å²) in [5.41, 5.74) is 0. The molecule has 11 heteroatoms. The molecule has 1 heterocycles. The number of amides is 1. The summed E-state index contributed by atoms with van der Waals surface area (Å²) >= 11 is 14.7. The summed E-state index contributed by atoms with van der Waals surface area (Å²) in [4.78, 5) is 25.1. The number of aromatic nitrogens is 4. The third kappa shape index (κ3) is 6.38. The van der Waals surface area contributed by atoms with Crippen LogP contribution in [0.4, 0.5) is 4.79 Å². The average molecular weight is 448 g/mol. The van der Waals surface area contributed by atoms with Crippen LogP contribution in [0.5, 0.6) is 0 Å². The summed E-state index contributed by atoms with van der Waals surface area (Å²) in [6.07, 6.45) is 0.476. The fraction of sp³-hybridized carbons (Fsp3) is 0.438. The van der Waals surface area contributed by atoms with E-state index in [4.69, 9.17) is 23.2 Å². The van der Waals surface area contributed by atoms with E-state index in [0.29, 0.717) is 26.5 Å². The van der Waals surface area contributed by atoms with E-state index in [1.165, 1.54) is 16.4 Å². The molecule has 2 aromatic rings. The van der Waals surface area contributed by atoms with Gasteiger partial charge in [-0.15, -0.1) is 5.10 Å². The molecule has 0 aliphatic rings. The van der Waals surface area contributed by atoms with Gasteiger partial charge in [-0.25, -0.2) is 4.68 Å².